The van der Waals surface area contributed by atoms with E-state index in [1.54, 1.807) is 7.11 Å². The maximum Gasteiger partial charge on any atom is 0.123 e. The molecule has 0 spiro atoms. The highest BCUT2D eigenvalue weighted by Gasteiger charge is 2.18. The maximum atomic E-state index is 10.3. The molecule has 0 saturated heterocycles. The Hall–Kier alpha value is -1.77. The molecule has 0 aliphatic carbocycles. The van der Waals surface area contributed by atoms with E-state index in [0.29, 0.717) is 6.42 Å². The van der Waals surface area contributed by atoms with Crippen molar-refractivity contribution >= 4 is 12.0 Å². The quantitative estimate of drug-likeness (QED) is 0.732. The molecule has 0 fully saturated rings. The zero-order valence-electron chi connectivity index (χ0n) is 9.89. The largest absolute Gasteiger partial charge is 0.497 e. The molecule has 17 heavy (non-hydrogen) atoms. The van der Waals surface area contributed by atoms with Gasteiger partial charge >= 0.3 is 0 Å². The molecule has 3 heteroatoms. The van der Waals surface area contributed by atoms with Crippen LogP contribution in [0.25, 0.3) is 5.76 Å². The van der Waals surface area contributed by atoms with Crippen molar-refractivity contribution < 1.29 is 14.3 Å². The van der Waals surface area contributed by atoms with Gasteiger partial charge < -0.3 is 14.3 Å². The predicted octanol–water partition coefficient (Wildman–Crippen LogP) is 2.80. The summed E-state index contributed by atoms with van der Waals surface area (Å²) in [5.41, 5.74) is 1.06. The number of hydrogen-bond donors (Lipinski definition) is 0. The Morgan fingerprint density at radius 2 is 2.18 bits per heavy atom. The van der Waals surface area contributed by atoms with Crippen LogP contribution in [0, 0.1) is 0 Å². The SMILES string of the molecule is COc1ccc(C2=CCC(CCC=O)O2)cc1. The highest BCUT2D eigenvalue weighted by Crippen LogP contribution is 2.29. The number of methoxy groups -OCH3 is 1. The molecule has 90 valence electrons. The van der Waals surface area contributed by atoms with Crippen LogP contribution in [0.1, 0.15) is 24.8 Å². The zero-order chi connectivity index (χ0) is 12.1. The molecule has 3 nitrogen and oxygen atoms in total. The normalized spacial score (nSPS) is 18.4. The number of hydrogen-bond acceptors (Lipinski definition) is 3. The Kier molecular flexibility index (Phi) is 3.81. The summed E-state index contributed by atoms with van der Waals surface area (Å²) in [4.78, 5) is 10.3. The van der Waals surface area contributed by atoms with Crippen LogP contribution in [0.3, 0.4) is 0 Å². The van der Waals surface area contributed by atoms with Crippen molar-refractivity contribution in [3.63, 3.8) is 0 Å². The molecule has 1 atom stereocenters. The van der Waals surface area contributed by atoms with Gasteiger partial charge in [0.05, 0.1) is 7.11 Å². The highest BCUT2D eigenvalue weighted by atomic mass is 16.5. The van der Waals surface area contributed by atoms with Crippen LogP contribution < -0.4 is 4.74 Å². The van der Waals surface area contributed by atoms with Gasteiger partial charge in [-0.3, -0.25) is 0 Å². The van der Waals surface area contributed by atoms with Gasteiger partial charge in [-0.25, -0.2) is 0 Å². The Labute approximate surface area is 101 Å². The van der Waals surface area contributed by atoms with Crippen LogP contribution >= 0.6 is 0 Å². The fourth-order valence-corrected chi connectivity index (χ4v) is 1.89. The van der Waals surface area contributed by atoms with Crippen LogP contribution in [0.15, 0.2) is 30.3 Å². The first-order chi connectivity index (χ1) is 8.33. The van der Waals surface area contributed by atoms with Crippen LogP contribution in [0.2, 0.25) is 0 Å². The molecular formula is C14H16O3. The monoisotopic (exact) mass is 232 g/mol. The highest BCUT2D eigenvalue weighted by molar-refractivity contribution is 5.62. The van der Waals surface area contributed by atoms with E-state index in [9.17, 15) is 4.79 Å². The lowest BCUT2D eigenvalue weighted by molar-refractivity contribution is -0.108. The summed E-state index contributed by atoms with van der Waals surface area (Å²) in [6.45, 7) is 0. The second-order valence-corrected chi connectivity index (χ2v) is 4.02. The molecule has 0 aromatic heterocycles. The van der Waals surface area contributed by atoms with Gasteiger partial charge in [0, 0.05) is 18.4 Å². The Balaban J connectivity index is 1.97. The van der Waals surface area contributed by atoms with Gasteiger partial charge in [0.25, 0.3) is 0 Å². The Bertz CT molecular complexity index is 406. The molecule has 1 heterocycles. The first-order valence-corrected chi connectivity index (χ1v) is 5.78. The Morgan fingerprint density at radius 1 is 1.41 bits per heavy atom. The van der Waals surface area contributed by atoms with Gasteiger partial charge in [-0.05, 0) is 36.8 Å². The lowest BCUT2D eigenvalue weighted by Gasteiger charge is -2.12. The van der Waals surface area contributed by atoms with E-state index < -0.39 is 0 Å². The number of carbonyl (C=O) groups excluding carboxylic acids is 1. The molecule has 1 aliphatic heterocycles. The number of carbonyl (C=O) groups is 1. The van der Waals surface area contributed by atoms with E-state index in [1.807, 2.05) is 24.3 Å². The fraction of sp³-hybridized carbons (Fsp3) is 0.357. The van der Waals surface area contributed by atoms with Gasteiger partial charge in [-0.15, -0.1) is 0 Å². The summed E-state index contributed by atoms with van der Waals surface area (Å²) in [6.07, 6.45) is 5.41. The number of rotatable bonds is 5. The summed E-state index contributed by atoms with van der Waals surface area (Å²) in [5, 5.41) is 0. The third kappa shape index (κ3) is 2.87. The van der Waals surface area contributed by atoms with E-state index >= 15 is 0 Å². The second-order valence-electron chi connectivity index (χ2n) is 4.02. The third-order valence-corrected chi connectivity index (χ3v) is 2.84. The summed E-state index contributed by atoms with van der Waals surface area (Å²) < 4.78 is 10.9. The summed E-state index contributed by atoms with van der Waals surface area (Å²) in [6, 6.07) is 7.79. The minimum atomic E-state index is 0.150. The van der Waals surface area contributed by atoms with Gasteiger partial charge in [0.1, 0.15) is 23.9 Å². The van der Waals surface area contributed by atoms with Crippen LogP contribution in [-0.4, -0.2) is 19.5 Å². The Morgan fingerprint density at radius 3 is 2.82 bits per heavy atom. The summed E-state index contributed by atoms with van der Waals surface area (Å²) >= 11 is 0. The van der Waals surface area contributed by atoms with Crippen molar-refractivity contribution in [2.24, 2.45) is 0 Å². The van der Waals surface area contributed by atoms with Crippen molar-refractivity contribution in [1.82, 2.24) is 0 Å². The smallest absolute Gasteiger partial charge is 0.123 e. The van der Waals surface area contributed by atoms with Crippen LogP contribution in [-0.2, 0) is 9.53 Å². The van der Waals surface area contributed by atoms with E-state index in [2.05, 4.69) is 6.08 Å². The zero-order valence-corrected chi connectivity index (χ0v) is 9.89. The van der Waals surface area contributed by atoms with Crippen molar-refractivity contribution in [1.29, 1.82) is 0 Å². The van der Waals surface area contributed by atoms with E-state index in [0.717, 1.165) is 36.2 Å². The summed E-state index contributed by atoms with van der Waals surface area (Å²) in [7, 11) is 1.65. The third-order valence-electron chi connectivity index (χ3n) is 2.84. The van der Waals surface area contributed by atoms with E-state index in [-0.39, 0.29) is 6.10 Å². The van der Waals surface area contributed by atoms with Crippen molar-refractivity contribution in [2.75, 3.05) is 7.11 Å². The average Bonchev–Trinajstić information content (AvgIpc) is 2.85. The van der Waals surface area contributed by atoms with Crippen molar-refractivity contribution in [2.45, 2.75) is 25.4 Å². The number of benzene rings is 1. The van der Waals surface area contributed by atoms with Crippen LogP contribution in [0.4, 0.5) is 0 Å². The molecule has 2 rings (SSSR count). The molecule has 1 aromatic rings. The molecule has 0 bridgehead atoms. The molecule has 0 saturated carbocycles. The van der Waals surface area contributed by atoms with Crippen molar-refractivity contribution in [3.05, 3.63) is 35.9 Å². The van der Waals surface area contributed by atoms with Gasteiger partial charge in [0.2, 0.25) is 0 Å². The molecule has 0 radical (unpaired) electrons. The number of aldehydes is 1. The van der Waals surface area contributed by atoms with Gasteiger partial charge in [0.15, 0.2) is 0 Å². The predicted molar refractivity (Wildman–Crippen MR) is 65.8 cm³/mol. The molecule has 0 amide bonds. The lowest BCUT2D eigenvalue weighted by Crippen LogP contribution is -2.05. The average molecular weight is 232 g/mol. The minimum Gasteiger partial charge on any atom is -0.497 e. The second kappa shape index (κ2) is 5.53. The van der Waals surface area contributed by atoms with E-state index in [1.165, 1.54) is 0 Å². The number of ether oxygens (including phenoxy) is 2. The standard InChI is InChI=1S/C14H16O3/c1-16-12-6-4-11(5-7-12)14-9-8-13(17-14)3-2-10-15/h4-7,9-10,13H,2-3,8H2,1H3. The van der Waals surface area contributed by atoms with E-state index in [4.69, 9.17) is 9.47 Å². The first kappa shape index (κ1) is 11.7. The lowest BCUT2D eigenvalue weighted by atomic mass is 10.1. The maximum absolute atomic E-state index is 10.3. The minimum absolute atomic E-state index is 0.150. The molecule has 1 aromatic carbocycles. The van der Waals surface area contributed by atoms with Crippen molar-refractivity contribution in [3.8, 4) is 5.75 Å². The molecular weight excluding hydrogens is 216 g/mol. The van der Waals surface area contributed by atoms with Crippen LogP contribution in [0.5, 0.6) is 5.75 Å². The summed E-state index contributed by atoms with van der Waals surface area (Å²) in [5.74, 6) is 1.74. The molecule has 1 aliphatic rings. The topological polar surface area (TPSA) is 35.5 Å². The van der Waals surface area contributed by atoms with Gasteiger partial charge in [-0.2, -0.15) is 0 Å². The molecule has 0 N–H and O–H groups in total. The van der Waals surface area contributed by atoms with Gasteiger partial charge in [-0.1, -0.05) is 0 Å². The molecule has 1 unspecified atom stereocenters. The fourth-order valence-electron chi connectivity index (χ4n) is 1.89. The first-order valence-electron chi connectivity index (χ1n) is 5.78.